The number of hydrogen-bond acceptors (Lipinski definition) is 2. The van der Waals surface area contributed by atoms with E-state index in [0.717, 1.165) is 10.9 Å². The Kier molecular flexibility index (Phi) is 3.06. The van der Waals surface area contributed by atoms with Crippen molar-refractivity contribution in [2.75, 3.05) is 0 Å². The van der Waals surface area contributed by atoms with Crippen LogP contribution in [0.15, 0.2) is 30.5 Å². The fourth-order valence-corrected chi connectivity index (χ4v) is 1.88. The molecule has 2 aromatic rings. The normalized spacial score (nSPS) is 12.5. The van der Waals surface area contributed by atoms with Crippen LogP contribution in [0.25, 0.3) is 10.9 Å². The summed E-state index contributed by atoms with van der Waals surface area (Å²) in [6.45, 7) is 2.25. The first-order chi connectivity index (χ1) is 8.49. The van der Waals surface area contributed by atoms with Crippen LogP contribution >= 0.6 is 0 Å². The molecule has 5 heteroatoms. The fourth-order valence-electron chi connectivity index (χ4n) is 1.88. The summed E-state index contributed by atoms with van der Waals surface area (Å²) >= 11 is 0. The number of amides is 1. The highest BCUT2D eigenvalue weighted by atomic mass is 16.4. The third-order valence-electron chi connectivity index (χ3n) is 2.97. The number of carboxylic acids is 1. The van der Waals surface area contributed by atoms with Crippen LogP contribution in [0.2, 0.25) is 0 Å². The van der Waals surface area contributed by atoms with E-state index in [1.54, 1.807) is 25.1 Å². The van der Waals surface area contributed by atoms with Gasteiger partial charge in [-0.25, -0.2) is 4.79 Å². The molecule has 1 aromatic heterocycles. The Bertz CT molecular complexity index is 616. The molecular formula is C13H14N2O3. The predicted molar refractivity (Wildman–Crippen MR) is 67.3 cm³/mol. The first kappa shape index (κ1) is 12.2. The van der Waals surface area contributed by atoms with Gasteiger partial charge in [-0.2, -0.15) is 0 Å². The Labute approximate surface area is 104 Å². The minimum Gasteiger partial charge on any atom is -0.478 e. The topological polar surface area (TPSA) is 85.3 Å². The second-order valence-electron chi connectivity index (χ2n) is 4.35. The molecule has 0 radical (unpaired) electrons. The van der Waals surface area contributed by atoms with Gasteiger partial charge in [0, 0.05) is 23.6 Å². The molecule has 1 aromatic carbocycles. The molecule has 0 saturated carbocycles. The first-order valence-electron chi connectivity index (χ1n) is 5.60. The standard InChI is InChI=1S/C13H14N2O3/c1-8(12(14)16)7-15-5-4-9-6-10(13(17)18)2-3-11(9)15/h2-6,8H,7H2,1H3,(H2,14,16)(H,17,18). The molecule has 0 bridgehead atoms. The first-order valence-corrected chi connectivity index (χ1v) is 5.60. The van der Waals surface area contributed by atoms with Crippen LogP contribution in [-0.4, -0.2) is 21.6 Å². The maximum atomic E-state index is 11.0. The molecule has 0 fully saturated rings. The highest BCUT2D eigenvalue weighted by molar-refractivity contribution is 5.93. The number of fused-ring (bicyclic) bond motifs is 1. The van der Waals surface area contributed by atoms with Crippen molar-refractivity contribution in [3.63, 3.8) is 0 Å². The summed E-state index contributed by atoms with van der Waals surface area (Å²) in [5.41, 5.74) is 6.38. The molecule has 3 N–H and O–H groups in total. The molecule has 0 aliphatic heterocycles. The Balaban J connectivity index is 2.37. The molecule has 1 heterocycles. The Hall–Kier alpha value is -2.30. The van der Waals surface area contributed by atoms with Crippen molar-refractivity contribution >= 4 is 22.8 Å². The third kappa shape index (κ3) is 2.20. The number of nitrogens with two attached hydrogens (primary N) is 1. The van der Waals surface area contributed by atoms with Gasteiger partial charge < -0.3 is 15.4 Å². The van der Waals surface area contributed by atoms with Gasteiger partial charge in [-0.15, -0.1) is 0 Å². The van der Waals surface area contributed by atoms with Crippen molar-refractivity contribution in [1.29, 1.82) is 0 Å². The molecule has 18 heavy (non-hydrogen) atoms. The summed E-state index contributed by atoms with van der Waals surface area (Å²) in [5, 5.41) is 9.74. The zero-order valence-corrected chi connectivity index (χ0v) is 9.96. The van der Waals surface area contributed by atoms with Gasteiger partial charge in [-0.1, -0.05) is 6.92 Å². The lowest BCUT2D eigenvalue weighted by molar-refractivity contribution is -0.121. The van der Waals surface area contributed by atoms with E-state index in [1.807, 2.05) is 16.8 Å². The van der Waals surface area contributed by atoms with Crippen molar-refractivity contribution in [3.05, 3.63) is 36.0 Å². The van der Waals surface area contributed by atoms with Crippen molar-refractivity contribution in [3.8, 4) is 0 Å². The zero-order chi connectivity index (χ0) is 13.3. The van der Waals surface area contributed by atoms with Gasteiger partial charge in [0.2, 0.25) is 5.91 Å². The van der Waals surface area contributed by atoms with Crippen molar-refractivity contribution in [1.82, 2.24) is 4.57 Å². The van der Waals surface area contributed by atoms with E-state index in [9.17, 15) is 9.59 Å². The van der Waals surface area contributed by atoms with E-state index in [0.29, 0.717) is 6.54 Å². The summed E-state index contributed by atoms with van der Waals surface area (Å²) in [6.07, 6.45) is 1.83. The largest absolute Gasteiger partial charge is 0.478 e. The van der Waals surface area contributed by atoms with Crippen LogP contribution in [0.5, 0.6) is 0 Å². The number of rotatable bonds is 4. The van der Waals surface area contributed by atoms with Crippen LogP contribution in [0, 0.1) is 5.92 Å². The molecule has 0 aliphatic carbocycles. The van der Waals surface area contributed by atoms with Gasteiger partial charge >= 0.3 is 5.97 Å². The van der Waals surface area contributed by atoms with Gasteiger partial charge in [-0.05, 0) is 24.3 Å². The number of nitrogens with zero attached hydrogens (tertiary/aromatic N) is 1. The average Bonchev–Trinajstić information content (AvgIpc) is 2.71. The minimum absolute atomic E-state index is 0.253. The quantitative estimate of drug-likeness (QED) is 0.856. The fraction of sp³-hybridized carbons (Fsp3) is 0.231. The lowest BCUT2D eigenvalue weighted by atomic mass is 10.1. The smallest absolute Gasteiger partial charge is 0.335 e. The van der Waals surface area contributed by atoms with E-state index in [4.69, 9.17) is 10.8 Å². The van der Waals surface area contributed by atoms with Gasteiger partial charge in [0.25, 0.3) is 0 Å². The summed E-state index contributed by atoms with van der Waals surface area (Å²) in [4.78, 5) is 21.9. The van der Waals surface area contributed by atoms with Gasteiger partial charge in [0.1, 0.15) is 0 Å². The number of carbonyl (C=O) groups excluding carboxylic acids is 1. The maximum Gasteiger partial charge on any atom is 0.335 e. The monoisotopic (exact) mass is 246 g/mol. The second-order valence-corrected chi connectivity index (χ2v) is 4.35. The predicted octanol–water partition coefficient (Wildman–Crippen LogP) is 1.46. The molecule has 1 atom stereocenters. The number of carboxylic acid groups (broad SMARTS) is 1. The van der Waals surface area contributed by atoms with E-state index in [-0.39, 0.29) is 17.4 Å². The lowest BCUT2D eigenvalue weighted by Crippen LogP contribution is -2.24. The molecule has 1 unspecified atom stereocenters. The molecule has 94 valence electrons. The summed E-state index contributed by atoms with van der Waals surface area (Å²) in [7, 11) is 0. The number of aromatic carboxylic acids is 1. The van der Waals surface area contributed by atoms with E-state index < -0.39 is 5.97 Å². The van der Waals surface area contributed by atoms with Crippen LogP contribution in [-0.2, 0) is 11.3 Å². The molecule has 0 spiro atoms. The van der Waals surface area contributed by atoms with Crippen molar-refractivity contribution < 1.29 is 14.7 Å². The summed E-state index contributed by atoms with van der Waals surface area (Å²) in [5.74, 6) is -1.56. The number of benzene rings is 1. The van der Waals surface area contributed by atoms with Crippen LogP contribution in [0.4, 0.5) is 0 Å². The van der Waals surface area contributed by atoms with E-state index in [1.165, 1.54) is 0 Å². The van der Waals surface area contributed by atoms with Gasteiger partial charge in [-0.3, -0.25) is 4.79 Å². The summed E-state index contributed by atoms with van der Waals surface area (Å²) < 4.78 is 1.90. The van der Waals surface area contributed by atoms with Crippen LogP contribution < -0.4 is 5.73 Å². The Morgan fingerprint density at radius 2 is 2.11 bits per heavy atom. The third-order valence-corrected chi connectivity index (χ3v) is 2.97. The number of hydrogen-bond donors (Lipinski definition) is 2. The highest BCUT2D eigenvalue weighted by Crippen LogP contribution is 2.19. The molecule has 2 rings (SSSR count). The number of aromatic nitrogens is 1. The number of primary amides is 1. The molecule has 5 nitrogen and oxygen atoms in total. The highest BCUT2D eigenvalue weighted by Gasteiger charge is 2.12. The van der Waals surface area contributed by atoms with Crippen LogP contribution in [0.3, 0.4) is 0 Å². The van der Waals surface area contributed by atoms with Crippen molar-refractivity contribution in [2.24, 2.45) is 11.7 Å². The average molecular weight is 246 g/mol. The summed E-state index contributed by atoms with van der Waals surface area (Å²) in [6, 6.07) is 6.74. The molecule has 0 aliphatic rings. The lowest BCUT2D eigenvalue weighted by Gasteiger charge is -2.10. The zero-order valence-electron chi connectivity index (χ0n) is 9.96. The second kappa shape index (κ2) is 4.52. The minimum atomic E-state index is -0.949. The van der Waals surface area contributed by atoms with Crippen molar-refractivity contribution in [2.45, 2.75) is 13.5 Å². The maximum absolute atomic E-state index is 11.0. The van der Waals surface area contributed by atoms with E-state index in [2.05, 4.69) is 0 Å². The molecule has 0 saturated heterocycles. The van der Waals surface area contributed by atoms with E-state index >= 15 is 0 Å². The van der Waals surface area contributed by atoms with Gasteiger partial charge in [0.15, 0.2) is 0 Å². The molecule has 1 amide bonds. The van der Waals surface area contributed by atoms with Gasteiger partial charge in [0.05, 0.1) is 11.5 Å². The Morgan fingerprint density at radius 3 is 2.72 bits per heavy atom. The SMILES string of the molecule is CC(Cn1ccc2cc(C(=O)O)ccc21)C(N)=O. The number of carbonyl (C=O) groups is 2. The molecular weight excluding hydrogens is 232 g/mol. The van der Waals surface area contributed by atoms with Crippen LogP contribution in [0.1, 0.15) is 17.3 Å². The Morgan fingerprint density at radius 1 is 1.39 bits per heavy atom.